The van der Waals surface area contributed by atoms with Crippen molar-refractivity contribution in [3.8, 4) is 6.01 Å². The lowest BCUT2D eigenvalue weighted by molar-refractivity contribution is 0.0602. The summed E-state index contributed by atoms with van der Waals surface area (Å²) in [5.74, 6) is -0.506. The molecule has 1 aromatic carbocycles. The highest BCUT2D eigenvalue weighted by molar-refractivity contribution is 7.53. The summed E-state index contributed by atoms with van der Waals surface area (Å²) < 4.78 is 36.7. The molecule has 3 rings (SSSR count). The SMILES string of the molecule is Cc1cnc(O[C@H]2C=C[C@@H](OCP(=O)(OC(C)C)OC(C)C)CC2)n(C(=O)c2ccccc2)c1=O. The second-order valence-corrected chi connectivity index (χ2v) is 10.8. The van der Waals surface area contributed by atoms with Crippen LogP contribution in [0.15, 0.2) is 53.5 Å². The summed E-state index contributed by atoms with van der Waals surface area (Å²) in [6.07, 6.45) is 4.72. The Balaban J connectivity index is 1.69. The first-order valence-corrected chi connectivity index (χ1v) is 13.4. The summed E-state index contributed by atoms with van der Waals surface area (Å²) in [7, 11) is -3.40. The van der Waals surface area contributed by atoms with Crippen molar-refractivity contribution in [2.24, 2.45) is 0 Å². The fraction of sp³-hybridized carbons (Fsp3) is 0.480. The third-order valence-corrected chi connectivity index (χ3v) is 7.00. The number of hydrogen-bond acceptors (Lipinski definition) is 8. The van der Waals surface area contributed by atoms with Gasteiger partial charge in [-0.15, -0.1) is 0 Å². The van der Waals surface area contributed by atoms with Crippen LogP contribution in [-0.2, 0) is 18.3 Å². The van der Waals surface area contributed by atoms with E-state index < -0.39 is 25.2 Å². The highest BCUT2D eigenvalue weighted by atomic mass is 31.2. The van der Waals surface area contributed by atoms with E-state index in [0.717, 1.165) is 4.57 Å². The van der Waals surface area contributed by atoms with E-state index >= 15 is 0 Å². The Morgan fingerprint density at radius 2 is 1.66 bits per heavy atom. The van der Waals surface area contributed by atoms with E-state index in [4.69, 9.17) is 18.5 Å². The minimum Gasteiger partial charge on any atom is -0.457 e. The van der Waals surface area contributed by atoms with Crippen LogP contribution >= 0.6 is 7.60 Å². The summed E-state index contributed by atoms with van der Waals surface area (Å²) in [5, 5.41) is 0. The monoisotopic (exact) mass is 504 g/mol. The zero-order valence-electron chi connectivity index (χ0n) is 20.7. The van der Waals surface area contributed by atoms with Gasteiger partial charge in [0.1, 0.15) is 12.5 Å². The Bertz CT molecular complexity index is 1130. The van der Waals surface area contributed by atoms with E-state index in [1.54, 1.807) is 77.1 Å². The van der Waals surface area contributed by atoms with Crippen molar-refractivity contribution in [3.63, 3.8) is 0 Å². The van der Waals surface area contributed by atoms with Crippen LogP contribution in [0, 0.1) is 6.92 Å². The highest BCUT2D eigenvalue weighted by Gasteiger charge is 2.30. The number of carbonyl (C=O) groups is 1. The molecule has 0 radical (unpaired) electrons. The Morgan fingerprint density at radius 3 is 2.23 bits per heavy atom. The molecule has 0 spiro atoms. The quantitative estimate of drug-likeness (QED) is 0.338. The van der Waals surface area contributed by atoms with Gasteiger partial charge in [-0.2, -0.15) is 4.57 Å². The zero-order chi connectivity index (χ0) is 25.6. The lowest BCUT2D eigenvalue weighted by Gasteiger charge is -2.27. The van der Waals surface area contributed by atoms with Gasteiger partial charge in [-0.3, -0.25) is 14.2 Å². The van der Waals surface area contributed by atoms with Gasteiger partial charge in [-0.05, 0) is 65.7 Å². The predicted octanol–water partition coefficient (Wildman–Crippen LogP) is 4.72. The standard InChI is InChI=1S/C25H33N2O7P/c1-17(2)33-35(30,34-18(3)4)16-31-21-11-13-22(14-12-21)32-25-26-15-19(5)23(28)27(25)24(29)20-9-7-6-8-10-20/h6-11,13,15,17-18,21-22H,12,14,16H2,1-5H3/t21-,22+/m1/s1. The van der Waals surface area contributed by atoms with E-state index in [1.807, 2.05) is 0 Å². The number of nitrogens with zero attached hydrogens (tertiary/aromatic N) is 2. The smallest absolute Gasteiger partial charge is 0.356 e. The molecule has 1 aromatic heterocycles. The first-order valence-electron chi connectivity index (χ1n) is 11.7. The maximum Gasteiger partial charge on any atom is 0.356 e. The maximum atomic E-state index is 13.0. The molecule has 2 aromatic rings. The maximum absolute atomic E-state index is 13.0. The number of carbonyl (C=O) groups excluding carboxylic acids is 1. The number of hydrogen-bond donors (Lipinski definition) is 0. The number of aromatic nitrogens is 2. The van der Waals surface area contributed by atoms with Gasteiger partial charge in [0.15, 0.2) is 0 Å². The normalized spacial score (nSPS) is 18.3. The highest BCUT2D eigenvalue weighted by Crippen LogP contribution is 2.50. The molecule has 0 amide bonds. The van der Waals surface area contributed by atoms with Gasteiger partial charge in [0.05, 0.1) is 18.3 Å². The van der Waals surface area contributed by atoms with Crippen LogP contribution in [0.1, 0.15) is 56.5 Å². The van der Waals surface area contributed by atoms with Crippen molar-refractivity contribution in [3.05, 3.63) is 70.2 Å². The van der Waals surface area contributed by atoms with Crippen LogP contribution < -0.4 is 10.3 Å². The molecule has 190 valence electrons. The van der Waals surface area contributed by atoms with Crippen molar-refractivity contribution in [2.75, 3.05) is 6.35 Å². The Hall–Kier alpha value is -2.58. The molecule has 1 aliphatic rings. The molecular formula is C25H33N2O7P. The average molecular weight is 505 g/mol. The third-order valence-electron chi connectivity index (χ3n) is 5.05. The molecule has 0 saturated heterocycles. The Kier molecular flexibility index (Phi) is 9.19. The summed E-state index contributed by atoms with van der Waals surface area (Å²) in [4.78, 5) is 30.0. The zero-order valence-corrected chi connectivity index (χ0v) is 21.6. The van der Waals surface area contributed by atoms with E-state index in [0.29, 0.717) is 24.0 Å². The largest absolute Gasteiger partial charge is 0.457 e. The molecule has 9 nitrogen and oxygen atoms in total. The van der Waals surface area contributed by atoms with Crippen molar-refractivity contribution >= 4 is 13.5 Å². The summed E-state index contributed by atoms with van der Waals surface area (Å²) in [6.45, 7) is 8.76. The fourth-order valence-electron chi connectivity index (χ4n) is 3.56. The van der Waals surface area contributed by atoms with Gasteiger partial charge in [0.2, 0.25) is 0 Å². The van der Waals surface area contributed by atoms with Gasteiger partial charge < -0.3 is 18.5 Å². The van der Waals surface area contributed by atoms with Crippen LogP contribution in [0.3, 0.4) is 0 Å². The molecule has 1 aliphatic carbocycles. The summed E-state index contributed by atoms with van der Waals surface area (Å²) in [6, 6.07) is 8.44. The number of benzene rings is 1. The second-order valence-electron chi connectivity index (χ2n) is 8.91. The van der Waals surface area contributed by atoms with E-state index in [9.17, 15) is 14.2 Å². The predicted molar refractivity (Wildman–Crippen MR) is 132 cm³/mol. The van der Waals surface area contributed by atoms with Crippen LogP contribution in [0.2, 0.25) is 0 Å². The van der Waals surface area contributed by atoms with Crippen LogP contribution in [0.25, 0.3) is 0 Å². The third kappa shape index (κ3) is 7.45. The van der Waals surface area contributed by atoms with Gasteiger partial charge in [0, 0.05) is 17.3 Å². The molecule has 35 heavy (non-hydrogen) atoms. The van der Waals surface area contributed by atoms with Crippen LogP contribution in [0.4, 0.5) is 0 Å². The fourth-order valence-corrected chi connectivity index (χ4v) is 5.39. The van der Waals surface area contributed by atoms with Crippen molar-refractivity contribution in [1.29, 1.82) is 0 Å². The first-order chi connectivity index (χ1) is 16.6. The minimum atomic E-state index is -3.40. The first kappa shape index (κ1) is 27.0. The number of ether oxygens (including phenoxy) is 2. The molecule has 10 heteroatoms. The molecule has 0 N–H and O–H groups in total. The van der Waals surface area contributed by atoms with Gasteiger partial charge in [-0.1, -0.05) is 24.3 Å². The van der Waals surface area contributed by atoms with E-state index in [-0.39, 0.29) is 30.7 Å². The second kappa shape index (κ2) is 11.9. The molecule has 0 bridgehead atoms. The Morgan fingerprint density at radius 1 is 1.06 bits per heavy atom. The van der Waals surface area contributed by atoms with Crippen molar-refractivity contribution in [2.45, 2.75) is 71.9 Å². The lowest BCUT2D eigenvalue weighted by atomic mass is 10.0. The Labute approximate surface area is 205 Å². The van der Waals surface area contributed by atoms with Crippen LogP contribution in [-0.4, -0.2) is 46.2 Å². The molecule has 0 saturated carbocycles. The summed E-state index contributed by atoms with van der Waals surface area (Å²) in [5.41, 5.74) is 0.220. The molecular weight excluding hydrogens is 471 g/mol. The molecule has 0 unspecified atom stereocenters. The minimum absolute atomic E-state index is 0.0661. The van der Waals surface area contributed by atoms with Gasteiger partial charge >= 0.3 is 13.6 Å². The van der Waals surface area contributed by atoms with Gasteiger partial charge in [0.25, 0.3) is 11.5 Å². The van der Waals surface area contributed by atoms with E-state index in [2.05, 4.69) is 4.98 Å². The number of aryl methyl sites for hydroxylation is 1. The lowest BCUT2D eigenvalue weighted by Crippen LogP contribution is -2.33. The van der Waals surface area contributed by atoms with Crippen molar-refractivity contribution < 1.29 is 27.9 Å². The summed E-state index contributed by atoms with van der Waals surface area (Å²) >= 11 is 0. The molecule has 0 aliphatic heterocycles. The number of rotatable bonds is 10. The van der Waals surface area contributed by atoms with E-state index in [1.165, 1.54) is 6.20 Å². The van der Waals surface area contributed by atoms with Crippen LogP contribution in [0.5, 0.6) is 6.01 Å². The average Bonchev–Trinajstić information content (AvgIpc) is 2.80. The molecule has 1 heterocycles. The topological polar surface area (TPSA) is 106 Å². The molecule has 0 fully saturated rings. The van der Waals surface area contributed by atoms with Crippen molar-refractivity contribution in [1.82, 2.24) is 9.55 Å². The molecule has 2 atom stereocenters. The van der Waals surface area contributed by atoms with Gasteiger partial charge in [-0.25, -0.2) is 4.98 Å².